The zero-order chi connectivity index (χ0) is 17.0. The largest absolute Gasteiger partial charge is 0.360 e. The van der Waals surface area contributed by atoms with Crippen LogP contribution in [0.2, 0.25) is 0 Å². The molecule has 0 aliphatic heterocycles. The Balaban J connectivity index is 1.60. The van der Waals surface area contributed by atoms with Gasteiger partial charge in [-0.25, -0.2) is 8.42 Å². The maximum atomic E-state index is 12.3. The lowest BCUT2D eigenvalue weighted by molar-refractivity contribution is 0.391. The maximum absolute atomic E-state index is 12.3. The van der Waals surface area contributed by atoms with Gasteiger partial charge in [0.15, 0.2) is 5.82 Å². The van der Waals surface area contributed by atoms with Crippen molar-refractivity contribution in [2.75, 3.05) is 10.5 Å². The highest BCUT2D eigenvalue weighted by atomic mass is 32.2. The van der Waals surface area contributed by atoms with Crippen molar-refractivity contribution >= 4 is 27.6 Å². The quantitative estimate of drug-likeness (QED) is 0.764. The van der Waals surface area contributed by atoms with Crippen molar-refractivity contribution in [1.29, 1.82) is 0 Å². The smallest absolute Gasteiger partial charge is 0.263 e. The van der Waals surface area contributed by atoms with Crippen LogP contribution in [-0.4, -0.2) is 19.3 Å². The molecular weight excluding hydrogens is 344 g/mol. The second kappa shape index (κ2) is 7.61. The van der Waals surface area contributed by atoms with Crippen molar-refractivity contribution in [3.8, 4) is 0 Å². The van der Waals surface area contributed by atoms with Crippen molar-refractivity contribution < 1.29 is 12.9 Å². The first-order valence-electron chi connectivity index (χ1n) is 8.22. The van der Waals surface area contributed by atoms with Crippen molar-refractivity contribution in [3.05, 3.63) is 36.1 Å². The summed E-state index contributed by atoms with van der Waals surface area (Å²) in [4.78, 5) is 1.34. The maximum Gasteiger partial charge on any atom is 0.263 e. The molecule has 0 atom stereocenters. The third kappa shape index (κ3) is 4.54. The van der Waals surface area contributed by atoms with E-state index in [1.54, 1.807) is 25.1 Å². The van der Waals surface area contributed by atoms with Crippen LogP contribution in [0, 0.1) is 12.8 Å². The van der Waals surface area contributed by atoms with E-state index < -0.39 is 10.0 Å². The van der Waals surface area contributed by atoms with Gasteiger partial charge in [0.1, 0.15) is 5.76 Å². The lowest BCUT2D eigenvalue weighted by Gasteiger charge is -2.20. The summed E-state index contributed by atoms with van der Waals surface area (Å²) in [5, 5.41) is 3.66. The number of rotatable bonds is 6. The molecule has 0 spiro atoms. The van der Waals surface area contributed by atoms with Crippen molar-refractivity contribution in [2.24, 2.45) is 5.92 Å². The Bertz CT molecular complexity index is 763. The Morgan fingerprint density at radius 1 is 1.21 bits per heavy atom. The third-order valence-electron chi connectivity index (χ3n) is 4.21. The van der Waals surface area contributed by atoms with Gasteiger partial charge < -0.3 is 4.52 Å². The predicted molar refractivity (Wildman–Crippen MR) is 95.8 cm³/mol. The Kier molecular flexibility index (Phi) is 5.50. The molecule has 1 N–H and O–H groups in total. The van der Waals surface area contributed by atoms with E-state index in [0.717, 1.165) is 16.6 Å². The number of hydrogen-bond acceptors (Lipinski definition) is 5. The second-order valence-corrected chi connectivity index (χ2v) is 8.99. The van der Waals surface area contributed by atoms with Gasteiger partial charge >= 0.3 is 0 Å². The molecule has 0 bridgehead atoms. The molecule has 130 valence electrons. The van der Waals surface area contributed by atoms with Crippen LogP contribution in [0.5, 0.6) is 0 Å². The van der Waals surface area contributed by atoms with E-state index in [-0.39, 0.29) is 10.7 Å². The van der Waals surface area contributed by atoms with Gasteiger partial charge in [-0.05, 0) is 49.9 Å². The lowest BCUT2D eigenvalue weighted by atomic mass is 9.91. The summed E-state index contributed by atoms with van der Waals surface area (Å²) >= 11 is 1.81. The number of thioether (sulfide) groups is 1. The normalized spacial score (nSPS) is 16.2. The minimum atomic E-state index is -3.63. The molecular formula is C17H22N2O3S2. The monoisotopic (exact) mass is 366 g/mol. The second-order valence-electron chi connectivity index (χ2n) is 6.21. The Morgan fingerprint density at radius 2 is 1.92 bits per heavy atom. The molecule has 1 aromatic carbocycles. The van der Waals surface area contributed by atoms with Crippen LogP contribution in [0.1, 0.15) is 37.9 Å². The first-order valence-corrected chi connectivity index (χ1v) is 10.7. The molecule has 0 unspecified atom stereocenters. The molecule has 1 aliphatic carbocycles. The summed E-state index contributed by atoms with van der Waals surface area (Å²) in [5.74, 6) is 2.66. The van der Waals surface area contributed by atoms with Gasteiger partial charge in [-0.2, -0.15) is 0 Å². The number of hydrogen-bond donors (Lipinski definition) is 1. The fourth-order valence-corrected chi connectivity index (χ4v) is 4.97. The number of sulfonamides is 1. The molecule has 3 rings (SSSR count). The van der Waals surface area contributed by atoms with Gasteiger partial charge in [0, 0.05) is 16.7 Å². The summed E-state index contributed by atoms with van der Waals surface area (Å²) in [6.07, 6.45) is 6.69. The van der Waals surface area contributed by atoms with Crippen molar-refractivity contribution in [3.63, 3.8) is 0 Å². The van der Waals surface area contributed by atoms with E-state index >= 15 is 0 Å². The van der Waals surface area contributed by atoms with Crippen molar-refractivity contribution in [2.45, 2.75) is 48.8 Å². The van der Waals surface area contributed by atoms with Crippen LogP contribution in [-0.2, 0) is 10.0 Å². The van der Waals surface area contributed by atoms with Crippen LogP contribution in [0.4, 0.5) is 5.82 Å². The van der Waals surface area contributed by atoms with E-state index in [1.165, 1.54) is 32.1 Å². The minimum Gasteiger partial charge on any atom is -0.360 e. The van der Waals surface area contributed by atoms with Crippen LogP contribution < -0.4 is 4.72 Å². The highest BCUT2D eigenvalue weighted by Crippen LogP contribution is 2.30. The fraction of sp³-hybridized carbons (Fsp3) is 0.471. The summed E-state index contributed by atoms with van der Waals surface area (Å²) in [6, 6.07) is 8.56. The molecule has 2 aromatic rings. The average Bonchev–Trinajstić information content (AvgIpc) is 2.98. The number of nitrogens with zero attached hydrogens (tertiary/aromatic N) is 1. The number of aryl methyl sites for hydroxylation is 1. The fourth-order valence-electron chi connectivity index (χ4n) is 2.89. The number of nitrogens with one attached hydrogen (secondary N) is 1. The zero-order valence-electron chi connectivity index (χ0n) is 13.7. The number of anilines is 1. The SMILES string of the molecule is Cc1cc(NS(=O)(=O)c2ccc(SCC3CCCCC3)cc2)no1. The van der Waals surface area contributed by atoms with Crippen LogP contribution in [0.25, 0.3) is 0 Å². The van der Waals surface area contributed by atoms with Gasteiger partial charge in [0.2, 0.25) is 0 Å². The van der Waals surface area contributed by atoms with E-state index in [9.17, 15) is 8.42 Å². The topological polar surface area (TPSA) is 72.2 Å². The highest BCUT2D eigenvalue weighted by molar-refractivity contribution is 7.99. The Morgan fingerprint density at radius 3 is 2.54 bits per heavy atom. The molecule has 24 heavy (non-hydrogen) atoms. The summed E-state index contributed by atoms with van der Waals surface area (Å²) in [7, 11) is -3.63. The molecule has 0 saturated heterocycles. The third-order valence-corrected chi connectivity index (χ3v) is 6.83. The van der Waals surface area contributed by atoms with Crippen molar-refractivity contribution in [1.82, 2.24) is 5.16 Å². The number of aromatic nitrogens is 1. The zero-order valence-corrected chi connectivity index (χ0v) is 15.3. The molecule has 0 amide bonds. The first-order chi connectivity index (χ1) is 11.5. The van der Waals surface area contributed by atoms with E-state index in [1.807, 2.05) is 23.9 Å². The van der Waals surface area contributed by atoms with Gasteiger partial charge in [0.05, 0.1) is 4.90 Å². The van der Waals surface area contributed by atoms with Gasteiger partial charge in [-0.15, -0.1) is 11.8 Å². The van der Waals surface area contributed by atoms with E-state index in [2.05, 4.69) is 9.88 Å². The van der Waals surface area contributed by atoms with Crippen LogP contribution >= 0.6 is 11.8 Å². The molecule has 1 heterocycles. The van der Waals surface area contributed by atoms with Gasteiger partial charge in [-0.3, -0.25) is 4.72 Å². The van der Waals surface area contributed by atoms with E-state index in [4.69, 9.17) is 4.52 Å². The first kappa shape index (κ1) is 17.4. The Hall–Kier alpha value is -1.47. The Labute approximate surface area is 147 Å². The average molecular weight is 367 g/mol. The minimum absolute atomic E-state index is 0.197. The molecule has 1 aliphatic rings. The molecule has 1 aromatic heterocycles. The summed E-state index contributed by atoms with van der Waals surface area (Å²) in [5.41, 5.74) is 0. The molecule has 7 heteroatoms. The van der Waals surface area contributed by atoms with Gasteiger partial charge in [0.25, 0.3) is 10.0 Å². The van der Waals surface area contributed by atoms with E-state index in [0.29, 0.717) is 5.76 Å². The summed E-state index contributed by atoms with van der Waals surface area (Å²) < 4.78 is 31.9. The standard InChI is InChI=1S/C17H22N2O3S2/c1-13-11-17(18-22-13)19-24(20,21)16-9-7-15(8-10-16)23-12-14-5-3-2-4-6-14/h7-11,14H,2-6,12H2,1H3,(H,18,19). The number of benzene rings is 1. The summed E-state index contributed by atoms with van der Waals surface area (Å²) in [6.45, 7) is 1.71. The van der Waals surface area contributed by atoms with Crippen LogP contribution in [0.15, 0.2) is 44.6 Å². The van der Waals surface area contributed by atoms with Crippen LogP contribution in [0.3, 0.4) is 0 Å². The lowest BCUT2D eigenvalue weighted by Crippen LogP contribution is -2.13. The predicted octanol–water partition coefficient (Wildman–Crippen LogP) is 4.46. The van der Waals surface area contributed by atoms with Gasteiger partial charge in [-0.1, -0.05) is 24.4 Å². The molecule has 0 radical (unpaired) electrons. The molecule has 1 fully saturated rings. The highest BCUT2D eigenvalue weighted by Gasteiger charge is 2.17. The molecule has 1 saturated carbocycles. The molecule has 5 nitrogen and oxygen atoms in total.